The van der Waals surface area contributed by atoms with Gasteiger partial charge in [0.15, 0.2) is 0 Å². The molecule has 182 valence electrons. The van der Waals surface area contributed by atoms with Crippen molar-refractivity contribution in [1.29, 1.82) is 5.26 Å². The Morgan fingerprint density at radius 1 is 1.37 bits per heavy atom. The smallest absolute Gasteiger partial charge is 0.280 e. The molecule has 0 fully saturated rings. The topological polar surface area (TPSA) is 87.4 Å². The number of hydrogen-bond donors (Lipinski definition) is 1. The first kappa shape index (κ1) is 26.3. The summed E-state index contributed by atoms with van der Waals surface area (Å²) in [7, 11) is 1.53. The molecule has 0 aliphatic carbocycles. The lowest BCUT2D eigenvalue weighted by atomic mass is 10.1. The quantitative estimate of drug-likeness (QED) is 0.196. The third kappa shape index (κ3) is 6.87. The summed E-state index contributed by atoms with van der Waals surface area (Å²) >= 11 is 2.73. The van der Waals surface area contributed by atoms with Crippen LogP contribution in [0.4, 0.5) is 8.78 Å². The van der Waals surface area contributed by atoms with Crippen LogP contribution in [0.2, 0.25) is 0 Å². The predicted molar refractivity (Wildman–Crippen MR) is 135 cm³/mol. The molecule has 10 heteroatoms. The molecular weight excluding hydrogens is 490 g/mol. The zero-order valence-corrected chi connectivity index (χ0v) is 21.1. The van der Waals surface area contributed by atoms with Crippen molar-refractivity contribution in [2.24, 2.45) is 5.10 Å². The number of thiophene rings is 1. The summed E-state index contributed by atoms with van der Waals surface area (Å²) in [5, 5.41) is 15.6. The molecule has 0 saturated carbocycles. The first-order chi connectivity index (χ1) is 16.9. The second kappa shape index (κ2) is 12.4. The number of aromatic nitrogens is 1. The highest BCUT2D eigenvalue weighted by Crippen LogP contribution is 2.32. The van der Waals surface area contributed by atoms with Crippen molar-refractivity contribution < 1.29 is 18.3 Å². The number of halogens is 2. The molecule has 6 nitrogen and oxygen atoms in total. The van der Waals surface area contributed by atoms with Crippen LogP contribution in [0.25, 0.3) is 0 Å². The number of aryl methyl sites for hydroxylation is 2. The van der Waals surface area contributed by atoms with Crippen molar-refractivity contribution in [3.63, 3.8) is 0 Å². The van der Waals surface area contributed by atoms with E-state index in [1.165, 1.54) is 31.2 Å². The van der Waals surface area contributed by atoms with Crippen molar-refractivity contribution in [3.05, 3.63) is 74.1 Å². The van der Waals surface area contributed by atoms with Gasteiger partial charge in [0, 0.05) is 21.6 Å². The van der Waals surface area contributed by atoms with E-state index < -0.39 is 6.43 Å². The third-order valence-corrected chi connectivity index (χ3v) is 7.02. The van der Waals surface area contributed by atoms with Crippen molar-refractivity contribution in [2.45, 2.75) is 43.9 Å². The number of amides is 1. The van der Waals surface area contributed by atoms with Crippen molar-refractivity contribution in [3.8, 4) is 11.8 Å². The largest absolute Gasteiger partial charge is 0.496 e. The average Bonchev–Trinajstić information content (AvgIpc) is 3.31. The second-order valence-corrected chi connectivity index (χ2v) is 9.53. The number of methoxy groups -OCH3 is 1. The summed E-state index contributed by atoms with van der Waals surface area (Å²) in [4.78, 5) is 17.5. The number of benzene rings is 1. The molecule has 1 amide bonds. The molecule has 35 heavy (non-hydrogen) atoms. The van der Waals surface area contributed by atoms with Gasteiger partial charge >= 0.3 is 0 Å². The number of rotatable bonds is 10. The highest BCUT2D eigenvalue weighted by atomic mass is 32.2. The summed E-state index contributed by atoms with van der Waals surface area (Å²) in [6, 6.07) is 10.5. The van der Waals surface area contributed by atoms with E-state index in [0.717, 1.165) is 23.3 Å². The van der Waals surface area contributed by atoms with Crippen molar-refractivity contribution >= 4 is 35.2 Å². The number of thioether (sulfide) groups is 1. The first-order valence-electron chi connectivity index (χ1n) is 10.8. The number of hydrogen-bond acceptors (Lipinski definition) is 7. The van der Waals surface area contributed by atoms with Gasteiger partial charge in [0.05, 0.1) is 24.5 Å². The van der Waals surface area contributed by atoms with E-state index in [1.807, 2.05) is 23.6 Å². The molecule has 0 aliphatic heterocycles. The molecule has 1 N–H and O–H groups in total. The fraction of sp³-hybridized carbons (Fsp3) is 0.280. The van der Waals surface area contributed by atoms with E-state index in [2.05, 4.69) is 22.4 Å². The molecule has 0 bridgehead atoms. The minimum absolute atomic E-state index is 0.245. The summed E-state index contributed by atoms with van der Waals surface area (Å²) in [6.07, 6.45) is 0.747. The summed E-state index contributed by atoms with van der Waals surface area (Å²) < 4.78 is 31.8. The van der Waals surface area contributed by atoms with Gasteiger partial charge in [0.25, 0.3) is 12.3 Å². The number of hydrazone groups is 1. The van der Waals surface area contributed by atoms with E-state index >= 15 is 0 Å². The normalized spacial score (nSPS) is 11.1. The Hall–Kier alpha value is -3.29. The van der Waals surface area contributed by atoms with E-state index in [9.17, 15) is 18.8 Å². The van der Waals surface area contributed by atoms with Crippen LogP contribution in [-0.4, -0.2) is 24.2 Å². The zero-order valence-electron chi connectivity index (χ0n) is 19.5. The van der Waals surface area contributed by atoms with Gasteiger partial charge in [0.1, 0.15) is 22.5 Å². The Morgan fingerprint density at radius 2 is 2.17 bits per heavy atom. The second-order valence-electron chi connectivity index (χ2n) is 7.57. The van der Waals surface area contributed by atoms with Crippen LogP contribution in [0.15, 0.2) is 45.8 Å². The number of nitriles is 1. The monoisotopic (exact) mass is 514 g/mol. The van der Waals surface area contributed by atoms with E-state index in [-0.39, 0.29) is 22.2 Å². The molecule has 0 aliphatic rings. The number of nitrogens with one attached hydrogen (secondary N) is 1. The lowest BCUT2D eigenvalue weighted by Crippen LogP contribution is -2.16. The van der Waals surface area contributed by atoms with Crippen LogP contribution < -0.4 is 10.2 Å². The number of carbonyl (C=O) groups is 1. The number of alkyl halides is 2. The number of nitrogens with zero attached hydrogens (tertiary/aromatic N) is 3. The molecule has 0 atom stereocenters. The number of carbonyl (C=O) groups excluding carboxylic acids is 1. The lowest BCUT2D eigenvalue weighted by molar-refractivity contribution is 0.0955. The van der Waals surface area contributed by atoms with Gasteiger partial charge in [-0.3, -0.25) is 4.79 Å². The van der Waals surface area contributed by atoms with Crippen LogP contribution in [0.1, 0.15) is 63.0 Å². The molecule has 1 aromatic carbocycles. The van der Waals surface area contributed by atoms with Gasteiger partial charge < -0.3 is 4.74 Å². The predicted octanol–water partition coefficient (Wildman–Crippen LogP) is 6.28. The van der Waals surface area contributed by atoms with Gasteiger partial charge in [-0.1, -0.05) is 13.3 Å². The summed E-state index contributed by atoms with van der Waals surface area (Å²) in [5.41, 5.74) is 4.95. The Labute approximate surface area is 211 Å². The summed E-state index contributed by atoms with van der Waals surface area (Å²) in [6.45, 7) is 3.70. The fourth-order valence-electron chi connectivity index (χ4n) is 3.27. The summed E-state index contributed by atoms with van der Waals surface area (Å²) in [5.74, 6) is 0.648. The van der Waals surface area contributed by atoms with Gasteiger partial charge in [-0.15, -0.1) is 23.1 Å². The van der Waals surface area contributed by atoms with Crippen LogP contribution in [-0.2, 0) is 12.2 Å². The Balaban J connectivity index is 1.73. The van der Waals surface area contributed by atoms with Gasteiger partial charge in [-0.2, -0.15) is 10.4 Å². The highest BCUT2D eigenvalue weighted by molar-refractivity contribution is 7.98. The molecule has 0 saturated heterocycles. The molecule has 0 radical (unpaired) electrons. The minimum Gasteiger partial charge on any atom is -0.496 e. The first-order valence-corrected chi connectivity index (χ1v) is 12.6. The number of ether oxygens (including phenoxy) is 1. The van der Waals surface area contributed by atoms with E-state index in [0.29, 0.717) is 28.2 Å². The Bertz CT molecular complexity index is 1270. The van der Waals surface area contributed by atoms with Crippen LogP contribution in [0.3, 0.4) is 0 Å². The van der Waals surface area contributed by atoms with Crippen LogP contribution in [0, 0.1) is 18.3 Å². The lowest BCUT2D eigenvalue weighted by Gasteiger charge is -2.11. The van der Waals surface area contributed by atoms with Crippen LogP contribution >= 0.6 is 23.1 Å². The molecule has 0 unspecified atom stereocenters. The van der Waals surface area contributed by atoms with Crippen LogP contribution in [0.5, 0.6) is 5.75 Å². The maximum atomic E-state index is 13.2. The Kier molecular flexibility index (Phi) is 9.34. The molecule has 3 aromatic rings. The van der Waals surface area contributed by atoms with Gasteiger partial charge in [-0.25, -0.2) is 19.2 Å². The molecule has 2 aromatic heterocycles. The minimum atomic E-state index is -2.72. The number of pyridine rings is 1. The highest BCUT2D eigenvalue weighted by Gasteiger charge is 2.17. The molecule has 0 spiro atoms. The molecular formula is C25H24F2N4O2S2. The molecule has 3 rings (SSSR count). The fourth-order valence-corrected chi connectivity index (χ4v) is 5.27. The van der Waals surface area contributed by atoms with E-state index in [1.54, 1.807) is 30.4 Å². The van der Waals surface area contributed by atoms with Gasteiger partial charge in [-0.05, 0) is 54.8 Å². The SMILES string of the molecule is CCCc1cc(C(=O)N/N=C\c2ccc(OC)c(CSc3nc(C(F)F)cc(C)c3C#N)c2)cs1. The Morgan fingerprint density at radius 3 is 2.86 bits per heavy atom. The van der Waals surface area contributed by atoms with E-state index in [4.69, 9.17) is 4.74 Å². The third-order valence-electron chi connectivity index (χ3n) is 5.00. The van der Waals surface area contributed by atoms with Crippen molar-refractivity contribution in [1.82, 2.24) is 10.4 Å². The average molecular weight is 515 g/mol. The van der Waals surface area contributed by atoms with Gasteiger partial charge in [0.2, 0.25) is 0 Å². The molecule has 2 heterocycles. The zero-order chi connectivity index (χ0) is 25.4. The standard InChI is InChI=1S/C25H24F2N4O2S2/c1-4-5-19-10-18(14-34-19)24(32)31-29-12-16-6-7-22(33-3)17(9-16)13-35-25-20(11-28)15(2)8-21(30-25)23(26)27/h6-10,12,14,23H,4-5,13H2,1-3H3,(H,31,32)/b29-12-. The maximum Gasteiger partial charge on any atom is 0.280 e. The maximum absolute atomic E-state index is 13.2. The van der Waals surface area contributed by atoms with Crippen molar-refractivity contribution in [2.75, 3.05) is 7.11 Å².